The highest BCUT2D eigenvalue weighted by molar-refractivity contribution is 6.21. The van der Waals surface area contributed by atoms with Crippen LogP contribution in [-0.2, 0) is 5.41 Å². The van der Waals surface area contributed by atoms with Crippen LogP contribution >= 0.6 is 0 Å². The van der Waals surface area contributed by atoms with Gasteiger partial charge in [-0.1, -0.05) is 206 Å². The lowest BCUT2D eigenvalue weighted by atomic mass is 9.66. The van der Waals surface area contributed by atoms with Crippen molar-refractivity contribution in [2.75, 3.05) is 0 Å². The summed E-state index contributed by atoms with van der Waals surface area (Å²) >= 11 is 0. The zero-order chi connectivity index (χ0) is 42.2. The molecular formula is C62H39NO. The van der Waals surface area contributed by atoms with Crippen molar-refractivity contribution in [3.05, 3.63) is 259 Å². The van der Waals surface area contributed by atoms with E-state index in [0.29, 0.717) is 0 Å². The van der Waals surface area contributed by atoms with Crippen LogP contribution in [0.4, 0.5) is 0 Å². The Hall–Kier alpha value is -8.33. The van der Waals surface area contributed by atoms with Gasteiger partial charge in [0.15, 0.2) is 0 Å². The molecule has 0 unspecified atom stereocenters. The molecule has 2 nitrogen and oxygen atoms in total. The average Bonchev–Trinajstić information content (AvgIpc) is 3.66. The molecule has 1 aliphatic carbocycles. The van der Waals surface area contributed by atoms with Crippen LogP contribution < -0.4 is 4.74 Å². The summed E-state index contributed by atoms with van der Waals surface area (Å²) < 4.78 is 6.53. The summed E-state index contributed by atoms with van der Waals surface area (Å²) in [7, 11) is 0. The minimum Gasteiger partial charge on any atom is -0.457 e. The number of aromatic nitrogens is 1. The topological polar surface area (TPSA) is 22.1 Å². The first-order valence-electron chi connectivity index (χ1n) is 22.0. The second kappa shape index (κ2) is 14.4. The van der Waals surface area contributed by atoms with Crippen LogP contribution in [0.3, 0.4) is 0 Å². The fourth-order valence-electron chi connectivity index (χ4n) is 10.8. The molecule has 0 bridgehead atoms. The lowest BCUT2D eigenvalue weighted by Crippen LogP contribution is -2.32. The Balaban J connectivity index is 0.852. The van der Waals surface area contributed by atoms with E-state index in [0.717, 1.165) is 33.9 Å². The van der Waals surface area contributed by atoms with Crippen LogP contribution in [0.5, 0.6) is 11.5 Å². The molecule has 1 aromatic heterocycles. The summed E-state index contributed by atoms with van der Waals surface area (Å²) in [5.74, 6) is 1.82. The largest absolute Gasteiger partial charge is 0.457 e. The number of rotatable bonds is 5. The summed E-state index contributed by atoms with van der Waals surface area (Å²) in [6, 6.07) is 83.4. The molecule has 1 spiro atoms. The van der Waals surface area contributed by atoms with Gasteiger partial charge in [0.1, 0.15) is 11.5 Å². The number of ether oxygens (including phenoxy) is 1. The van der Waals surface area contributed by atoms with Crippen molar-refractivity contribution < 1.29 is 4.74 Å². The zero-order valence-corrected chi connectivity index (χ0v) is 34.9. The van der Waals surface area contributed by atoms with Gasteiger partial charge in [-0.15, -0.1) is 0 Å². The van der Waals surface area contributed by atoms with E-state index < -0.39 is 5.41 Å². The lowest BCUT2D eigenvalue weighted by molar-refractivity contribution is 0.436. The van der Waals surface area contributed by atoms with E-state index in [1.54, 1.807) is 0 Å². The molecule has 2 aliphatic rings. The Labute approximate surface area is 372 Å². The second-order valence-corrected chi connectivity index (χ2v) is 16.9. The Morgan fingerprint density at radius 2 is 0.734 bits per heavy atom. The van der Waals surface area contributed by atoms with E-state index >= 15 is 0 Å². The van der Waals surface area contributed by atoms with Gasteiger partial charge < -0.3 is 4.74 Å². The van der Waals surface area contributed by atoms with Crippen LogP contribution in [0.25, 0.3) is 88.4 Å². The summed E-state index contributed by atoms with van der Waals surface area (Å²) in [6.07, 6.45) is 2.03. The zero-order valence-electron chi connectivity index (χ0n) is 34.9. The molecule has 11 aromatic rings. The second-order valence-electron chi connectivity index (χ2n) is 16.9. The molecular weight excluding hydrogens is 775 g/mol. The molecule has 0 saturated carbocycles. The molecule has 0 fully saturated rings. The predicted molar refractivity (Wildman–Crippen MR) is 264 cm³/mol. The third kappa shape index (κ3) is 5.42. The lowest BCUT2D eigenvalue weighted by Gasteiger charge is -2.39. The number of hydrogen-bond donors (Lipinski definition) is 0. The SMILES string of the molecule is c1ccc(-c2ccc(-c3c4ccccc4c(-c4ccc(-c5ccc(-c6ccc7c(c6)-c6ccccc6C76c7ccccc7Oc7ccccc76)cc5)cn4)c4ccccc34)cc2)cc1. The molecule has 13 rings (SSSR count). The van der Waals surface area contributed by atoms with Crippen LogP contribution in [0.15, 0.2) is 237 Å². The average molecular weight is 814 g/mol. The highest BCUT2D eigenvalue weighted by atomic mass is 16.5. The van der Waals surface area contributed by atoms with Gasteiger partial charge in [0.05, 0.1) is 11.1 Å². The molecule has 64 heavy (non-hydrogen) atoms. The number of pyridine rings is 1. The Morgan fingerprint density at radius 1 is 0.297 bits per heavy atom. The minimum atomic E-state index is -0.464. The Morgan fingerprint density at radius 3 is 1.34 bits per heavy atom. The molecule has 0 radical (unpaired) electrons. The quantitative estimate of drug-likeness (QED) is 0.162. The van der Waals surface area contributed by atoms with Crippen molar-refractivity contribution in [3.8, 4) is 78.4 Å². The maximum absolute atomic E-state index is 6.53. The van der Waals surface area contributed by atoms with Crippen molar-refractivity contribution in [1.82, 2.24) is 4.98 Å². The number of nitrogens with zero attached hydrogens (tertiary/aromatic N) is 1. The third-order valence-corrected chi connectivity index (χ3v) is 13.6. The normalized spacial score (nSPS) is 12.9. The van der Waals surface area contributed by atoms with E-state index in [-0.39, 0.29) is 0 Å². The maximum atomic E-state index is 6.53. The number of fused-ring (bicyclic) bond motifs is 11. The third-order valence-electron chi connectivity index (χ3n) is 13.6. The van der Waals surface area contributed by atoms with Crippen molar-refractivity contribution in [2.24, 2.45) is 0 Å². The highest BCUT2D eigenvalue weighted by Crippen LogP contribution is 2.62. The van der Waals surface area contributed by atoms with Gasteiger partial charge in [0, 0.05) is 28.5 Å². The number of para-hydroxylation sites is 2. The van der Waals surface area contributed by atoms with E-state index in [4.69, 9.17) is 9.72 Å². The van der Waals surface area contributed by atoms with Crippen molar-refractivity contribution in [2.45, 2.75) is 5.41 Å². The highest BCUT2D eigenvalue weighted by Gasteiger charge is 2.50. The van der Waals surface area contributed by atoms with Gasteiger partial charge in [0.25, 0.3) is 0 Å². The molecule has 2 heteroatoms. The van der Waals surface area contributed by atoms with E-state index in [1.807, 2.05) is 6.20 Å². The van der Waals surface area contributed by atoms with Crippen molar-refractivity contribution >= 4 is 21.5 Å². The molecule has 298 valence electrons. The molecule has 0 N–H and O–H groups in total. The fraction of sp³-hybridized carbons (Fsp3) is 0.0161. The molecule has 10 aromatic carbocycles. The van der Waals surface area contributed by atoms with Crippen molar-refractivity contribution in [3.63, 3.8) is 0 Å². The summed E-state index contributed by atoms with van der Waals surface area (Å²) in [5.41, 5.74) is 18.6. The summed E-state index contributed by atoms with van der Waals surface area (Å²) in [5, 5.41) is 4.83. The van der Waals surface area contributed by atoms with E-state index in [1.165, 1.54) is 88.3 Å². The van der Waals surface area contributed by atoms with Crippen LogP contribution in [0, 0.1) is 0 Å². The Kier molecular flexibility index (Phi) is 8.16. The molecule has 0 amide bonds. The van der Waals surface area contributed by atoms with E-state index in [9.17, 15) is 0 Å². The van der Waals surface area contributed by atoms with Crippen LogP contribution in [-0.4, -0.2) is 4.98 Å². The fourth-order valence-corrected chi connectivity index (χ4v) is 10.8. The van der Waals surface area contributed by atoms with Gasteiger partial charge in [-0.25, -0.2) is 0 Å². The van der Waals surface area contributed by atoms with Gasteiger partial charge in [0.2, 0.25) is 0 Å². The predicted octanol–water partition coefficient (Wildman–Crippen LogP) is 16.2. The minimum absolute atomic E-state index is 0.464. The Bertz CT molecular complexity index is 3500. The molecule has 1 aliphatic heterocycles. The molecule has 0 atom stereocenters. The molecule has 0 saturated heterocycles. The van der Waals surface area contributed by atoms with Crippen LogP contribution in [0.2, 0.25) is 0 Å². The number of hydrogen-bond acceptors (Lipinski definition) is 2. The van der Waals surface area contributed by atoms with Crippen molar-refractivity contribution in [1.29, 1.82) is 0 Å². The first-order valence-corrected chi connectivity index (χ1v) is 22.0. The van der Waals surface area contributed by atoms with E-state index in [2.05, 4.69) is 231 Å². The van der Waals surface area contributed by atoms with Gasteiger partial charge >= 0.3 is 0 Å². The molecule has 2 heterocycles. The first kappa shape index (κ1) is 36.3. The van der Waals surface area contributed by atoms with Gasteiger partial charge in [-0.3, -0.25) is 4.98 Å². The smallest absolute Gasteiger partial charge is 0.132 e. The van der Waals surface area contributed by atoms with Crippen LogP contribution in [0.1, 0.15) is 22.3 Å². The first-order chi connectivity index (χ1) is 31.7. The summed E-state index contributed by atoms with van der Waals surface area (Å²) in [6.45, 7) is 0. The van der Waals surface area contributed by atoms with Gasteiger partial charge in [-0.05, 0) is 107 Å². The summed E-state index contributed by atoms with van der Waals surface area (Å²) in [4.78, 5) is 5.18. The maximum Gasteiger partial charge on any atom is 0.132 e. The number of benzene rings is 10. The monoisotopic (exact) mass is 813 g/mol. The standard InChI is InChI=1S/C62H39NO/c1-2-14-40(15-3-1)41-30-32-44(33-31-41)60-48-17-4-6-19-50(48)61(51-20-7-5-18-49(51)60)57-37-35-46(39-63-57)43-28-26-42(27-29-43)45-34-36-54-52(38-45)47-16-8-9-21-53(47)62(54)55-22-10-12-24-58(55)64-59-25-13-11-23-56(59)62/h1-39H. The van der Waals surface area contributed by atoms with Gasteiger partial charge in [-0.2, -0.15) is 0 Å².